The van der Waals surface area contributed by atoms with Crippen molar-refractivity contribution in [1.82, 2.24) is 9.80 Å². The number of likely N-dealkylation sites (tertiary alicyclic amines) is 1. The normalized spacial score (nSPS) is 25.9. The molecule has 28 heavy (non-hydrogen) atoms. The highest BCUT2D eigenvalue weighted by atomic mass is 16.5. The van der Waals surface area contributed by atoms with E-state index >= 15 is 0 Å². The lowest BCUT2D eigenvalue weighted by Gasteiger charge is -2.38. The van der Waals surface area contributed by atoms with Crippen molar-refractivity contribution >= 4 is 11.8 Å². The van der Waals surface area contributed by atoms with E-state index in [1.165, 1.54) is 0 Å². The van der Waals surface area contributed by atoms with E-state index in [1.807, 2.05) is 58.3 Å². The van der Waals surface area contributed by atoms with Crippen LogP contribution in [0.1, 0.15) is 41.2 Å². The smallest absolute Gasteiger partial charge is 0.253 e. The van der Waals surface area contributed by atoms with Gasteiger partial charge in [0.25, 0.3) is 5.91 Å². The molecule has 144 valence electrons. The lowest BCUT2D eigenvalue weighted by Crippen LogP contribution is -2.47. The van der Waals surface area contributed by atoms with E-state index in [-0.39, 0.29) is 29.5 Å². The van der Waals surface area contributed by atoms with Gasteiger partial charge in [0.15, 0.2) is 0 Å². The van der Waals surface area contributed by atoms with Gasteiger partial charge >= 0.3 is 0 Å². The maximum atomic E-state index is 13.4. The number of rotatable bonds is 2. The van der Waals surface area contributed by atoms with Gasteiger partial charge in [-0.15, -0.1) is 0 Å². The highest BCUT2D eigenvalue weighted by Gasteiger charge is 2.57. The first kappa shape index (κ1) is 17.4. The monoisotopic (exact) mass is 376 g/mol. The Labute approximate surface area is 164 Å². The van der Waals surface area contributed by atoms with Gasteiger partial charge in [-0.2, -0.15) is 0 Å². The van der Waals surface area contributed by atoms with Gasteiger partial charge in [-0.1, -0.05) is 48.5 Å². The Bertz CT molecular complexity index is 875. The van der Waals surface area contributed by atoms with Crippen molar-refractivity contribution in [2.45, 2.75) is 31.5 Å². The minimum atomic E-state index is -0.383. The molecule has 2 atom stereocenters. The third kappa shape index (κ3) is 2.73. The molecule has 0 bridgehead atoms. The zero-order chi connectivity index (χ0) is 19.1. The standard InChI is InChI=1S/C23H24N2O3/c26-21(18-9-5-2-6-10-18)24-13-11-23(12-14-24)15-20-25(22(23)27)19(16-28-20)17-7-3-1-4-8-17/h1-10,19-20H,11-16H2/t19-,20-/m0/s1. The third-order valence-electron chi connectivity index (χ3n) is 6.56. The predicted molar refractivity (Wildman–Crippen MR) is 104 cm³/mol. The van der Waals surface area contributed by atoms with Crippen LogP contribution in [-0.2, 0) is 9.53 Å². The molecule has 2 aromatic rings. The minimum Gasteiger partial charge on any atom is -0.356 e. The Balaban J connectivity index is 1.31. The number of amides is 2. The van der Waals surface area contributed by atoms with E-state index in [2.05, 4.69) is 12.1 Å². The second kappa shape index (κ2) is 6.74. The lowest BCUT2D eigenvalue weighted by molar-refractivity contribution is -0.140. The van der Waals surface area contributed by atoms with Crippen molar-refractivity contribution < 1.29 is 14.3 Å². The highest BCUT2D eigenvalue weighted by Crippen LogP contribution is 2.50. The third-order valence-corrected chi connectivity index (χ3v) is 6.56. The molecule has 0 aromatic heterocycles. The Morgan fingerprint density at radius 1 is 0.964 bits per heavy atom. The molecule has 0 radical (unpaired) electrons. The second-order valence-electron chi connectivity index (χ2n) is 8.07. The number of ether oxygens (including phenoxy) is 1. The van der Waals surface area contributed by atoms with Crippen LogP contribution in [0.25, 0.3) is 0 Å². The molecule has 3 heterocycles. The summed E-state index contributed by atoms with van der Waals surface area (Å²) in [5.41, 5.74) is 1.46. The molecule has 3 aliphatic rings. The van der Waals surface area contributed by atoms with Gasteiger partial charge in [-0.25, -0.2) is 0 Å². The maximum Gasteiger partial charge on any atom is 0.253 e. The molecule has 3 fully saturated rings. The molecule has 2 aromatic carbocycles. The predicted octanol–water partition coefficient (Wildman–Crippen LogP) is 3.24. The van der Waals surface area contributed by atoms with Crippen LogP contribution in [0.15, 0.2) is 60.7 Å². The fourth-order valence-corrected chi connectivity index (χ4v) is 4.94. The average molecular weight is 376 g/mol. The van der Waals surface area contributed by atoms with Gasteiger partial charge in [0.1, 0.15) is 6.23 Å². The van der Waals surface area contributed by atoms with Gasteiger partial charge in [0.2, 0.25) is 5.91 Å². The summed E-state index contributed by atoms with van der Waals surface area (Å²) < 4.78 is 6.01. The van der Waals surface area contributed by atoms with E-state index in [0.29, 0.717) is 38.1 Å². The van der Waals surface area contributed by atoms with E-state index in [0.717, 1.165) is 12.0 Å². The Kier molecular flexibility index (Phi) is 4.20. The minimum absolute atomic E-state index is 0.00190. The molecule has 3 aliphatic heterocycles. The van der Waals surface area contributed by atoms with Crippen LogP contribution in [-0.4, -0.2) is 47.5 Å². The number of carbonyl (C=O) groups excluding carboxylic acids is 2. The molecule has 0 saturated carbocycles. The second-order valence-corrected chi connectivity index (χ2v) is 8.07. The summed E-state index contributed by atoms with van der Waals surface area (Å²) in [6.07, 6.45) is 2.03. The molecule has 3 saturated heterocycles. The van der Waals surface area contributed by atoms with E-state index in [1.54, 1.807) is 0 Å². The van der Waals surface area contributed by atoms with E-state index < -0.39 is 0 Å². The quantitative estimate of drug-likeness (QED) is 0.809. The zero-order valence-electron chi connectivity index (χ0n) is 15.8. The molecule has 0 aliphatic carbocycles. The topological polar surface area (TPSA) is 49.9 Å². The summed E-state index contributed by atoms with van der Waals surface area (Å²) in [6.45, 7) is 1.81. The fourth-order valence-electron chi connectivity index (χ4n) is 4.94. The summed E-state index contributed by atoms with van der Waals surface area (Å²) >= 11 is 0. The fraction of sp³-hybridized carbons (Fsp3) is 0.391. The van der Waals surface area contributed by atoms with Gasteiger partial charge < -0.3 is 14.5 Å². The summed E-state index contributed by atoms with van der Waals surface area (Å²) in [5, 5.41) is 0. The summed E-state index contributed by atoms with van der Waals surface area (Å²) in [7, 11) is 0. The van der Waals surface area contributed by atoms with Crippen molar-refractivity contribution in [3.8, 4) is 0 Å². The molecule has 0 N–H and O–H groups in total. The number of nitrogens with zero attached hydrogens (tertiary/aromatic N) is 2. The van der Waals surface area contributed by atoms with E-state index in [4.69, 9.17) is 4.74 Å². The van der Waals surface area contributed by atoms with Gasteiger partial charge in [-0.3, -0.25) is 9.59 Å². The van der Waals surface area contributed by atoms with Crippen LogP contribution in [0.5, 0.6) is 0 Å². The average Bonchev–Trinajstić information content (AvgIpc) is 3.28. The van der Waals surface area contributed by atoms with Gasteiger partial charge in [0.05, 0.1) is 18.1 Å². The van der Waals surface area contributed by atoms with Crippen molar-refractivity contribution in [3.05, 3.63) is 71.8 Å². The molecule has 5 heteroatoms. The van der Waals surface area contributed by atoms with Crippen LogP contribution in [0.4, 0.5) is 0 Å². The van der Waals surface area contributed by atoms with Crippen LogP contribution in [0.2, 0.25) is 0 Å². The van der Waals surface area contributed by atoms with Crippen molar-refractivity contribution in [1.29, 1.82) is 0 Å². The van der Waals surface area contributed by atoms with Crippen LogP contribution in [0.3, 0.4) is 0 Å². The number of carbonyl (C=O) groups is 2. The van der Waals surface area contributed by atoms with Gasteiger partial charge in [-0.05, 0) is 30.5 Å². The molecular weight excluding hydrogens is 352 g/mol. The Hall–Kier alpha value is -2.66. The van der Waals surface area contributed by atoms with Crippen molar-refractivity contribution in [2.75, 3.05) is 19.7 Å². The van der Waals surface area contributed by atoms with Crippen molar-refractivity contribution in [2.24, 2.45) is 5.41 Å². The van der Waals surface area contributed by atoms with Gasteiger partial charge in [0, 0.05) is 25.1 Å². The molecule has 2 amide bonds. The highest BCUT2D eigenvalue weighted by molar-refractivity contribution is 5.94. The van der Waals surface area contributed by atoms with Crippen LogP contribution < -0.4 is 0 Å². The SMILES string of the molecule is O=C(c1ccccc1)N1CCC2(CC1)C[C@@H]1OC[C@@H](c3ccccc3)N1C2=O. The molecule has 1 spiro atoms. The number of hydrogen-bond donors (Lipinski definition) is 0. The number of piperidine rings is 1. The van der Waals surface area contributed by atoms with E-state index in [9.17, 15) is 9.59 Å². The Morgan fingerprint density at radius 2 is 1.61 bits per heavy atom. The molecule has 0 unspecified atom stereocenters. The van der Waals surface area contributed by atoms with Crippen molar-refractivity contribution in [3.63, 3.8) is 0 Å². The summed E-state index contributed by atoms with van der Waals surface area (Å²) in [4.78, 5) is 30.0. The zero-order valence-corrected chi connectivity index (χ0v) is 15.8. The summed E-state index contributed by atoms with van der Waals surface area (Å²) in [6, 6.07) is 19.5. The number of benzene rings is 2. The Morgan fingerprint density at radius 3 is 2.29 bits per heavy atom. The largest absolute Gasteiger partial charge is 0.356 e. The first-order valence-electron chi connectivity index (χ1n) is 10.0. The first-order chi connectivity index (χ1) is 13.7. The molecule has 5 nitrogen and oxygen atoms in total. The van der Waals surface area contributed by atoms with Crippen LogP contribution in [0, 0.1) is 5.41 Å². The van der Waals surface area contributed by atoms with Crippen LogP contribution >= 0.6 is 0 Å². The molecule has 5 rings (SSSR count). The number of fused-ring (bicyclic) bond motifs is 1. The summed E-state index contributed by atoms with van der Waals surface area (Å²) in [5.74, 6) is 0.260. The maximum absolute atomic E-state index is 13.4. The first-order valence-corrected chi connectivity index (χ1v) is 10.0. The lowest BCUT2D eigenvalue weighted by atomic mass is 9.76. The molecular formula is C23H24N2O3. The number of hydrogen-bond acceptors (Lipinski definition) is 3.